The van der Waals surface area contributed by atoms with E-state index >= 15 is 0 Å². The molecule has 2 aromatic rings. The summed E-state index contributed by atoms with van der Waals surface area (Å²) in [7, 11) is 0. The number of rotatable bonds is 6. The first kappa shape index (κ1) is 14.4. The molecule has 21 heavy (non-hydrogen) atoms. The average Bonchev–Trinajstić information content (AvgIpc) is 3.19. The van der Waals surface area contributed by atoms with E-state index in [-0.39, 0.29) is 5.91 Å². The van der Waals surface area contributed by atoms with Crippen molar-refractivity contribution in [1.82, 2.24) is 9.88 Å². The lowest BCUT2D eigenvalue weighted by Gasteiger charge is -2.06. The highest BCUT2D eigenvalue weighted by molar-refractivity contribution is 9.10. The number of nitrogens with one attached hydrogen (secondary N) is 2. The van der Waals surface area contributed by atoms with E-state index in [4.69, 9.17) is 0 Å². The predicted molar refractivity (Wildman–Crippen MR) is 87.1 cm³/mol. The van der Waals surface area contributed by atoms with Crippen molar-refractivity contribution in [2.75, 3.05) is 5.32 Å². The van der Waals surface area contributed by atoms with Crippen molar-refractivity contribution in [2.45, 2.75) is 32.0 Å². The molecule has 0 aliphatic heterocycles. The Morgan fingerprint density at radius 1 is 1.24 bits per heavy atom. The summed E-state index contributed by atoms with van der Waals surface area (Å²) in [6.45, 7) is 1.21. The topological polar surface area (TPSA) is 46.1 Å². The van der Waals surface area contributed by atoms with Crippen LogP contribution >= 0.6 is 15.9 Å². The molecule has 1 aliphatic rings. The van der Waals surface area contributed by atoms with Gasteiger partial charge in [0.15, 0.2) is 0 Å². The van der Waals surface area contributed by atoms with E-state index in [1.807, 2.05) is 41.2 Å². The molecule has 1 saturated carbocycles. The van der Waals surface area contributed by atoms with Gasteiger partial charge in [-0.3, -0.25) is 4.79 Å². The van der Waals surface area contributed by atoms with Gasteiger partial charge >= 0.3 is 0 Å². The molecule has 1 aliphatic carbocycles. The first-order valence-electron chi connectivity index (χ1n) is 7.12. The van der Waals surface area contributed by atoms with Crippen LogP contribution in [-0.4, -0.2) is 16.5 Å². The fraction of sp³-hybridized carbons (Fsp3) is 0.312. The molecule has 1 heterocycles. The lowest BCUT2D eigenvalue weighted by Crippen LogP contribution is -2.18. The quantitative estimate of drug-likeness (QED) is 0.843. The molecular formula is C16H18BrN3O. The number of halogens is 1. The second-order valence-electron chi connectivity index (χ2n) is 5.40. The van der Waals surface area contributed by atoms with Crippen molar-refractivity contribution in [2.24, 2.45) is 0 Å². The maximum atomic E-state index is 12.0. The van der Waals surface area contributed by atoms with Crippen molar-refractivity contribution in [3.63, 3.8) is 0 Å². The minimum atomic E-state index is -0.0189. The zero-order valence-electron chi connectivity index (χ0n) is 11.7. The maximum absolute atomic E-state index is 12.0. The van der Waals surface area contributed by atoms with Crippen molar-refractivity contribution < 1.29 is 4.79 Å². The Morgan fingerprint density at radius 2 is 2.00 bits per heavy atom. The molecule has 110 valence electrons. The lowest BCUT2D eigenvalue weighted by molar-refractivity contribution is -0.116. The van der Waals surface area contributed by atoms with E-state index in [0.717, 1.165) is 16.7 Å². The smallest absolute Gasteiger partial charge is 0.244 e. The van der Waals surface area contributed by atoms with Crippen LogP contribution in [0.15, 0.2) is 47.2 Å². The maximum Gasteiger partial charge on any atom is 0.244 e. The molecule has 2 N–H and O–H groups in total. The number of hydrogen-bond donors (Lipinski definition) is 2. The summed E-state index contributed by atoms with van der Waals surface area (Å²) in [5.74, 6) is -0.0189. The number of carbonyl (C=O) groups excluding carboxylic acids is 1. The van der Waals surface area contributed by atoms with Crippen molar-refractivity contribution in [3.8, 4) is 0 Å². The van der Waals surface area contributed by atoms with Crippen LogP contribution in [-0.2, 0) is 17.9 Å². The molecule has 5 heteroatoms. The molecule has 0 atom stereocenters. The summed E-state index contributed by atoms with van der Waals surface area (Å²) in [6.07, 6.45) is 6.55. The summed E-state index contributed by atoms with van der Waals surface area (Å²) < 4.78 is 2.91. The van der Waals surface area contributed by atoms with Gasteiger partial charge in [0.25, 0.3) is 0 Å². The third kappa shape index (κ3) is 4.44. The minimum absolute atomic E-state index is 0.0189. The molecule has 1 aromatic heterocycles. The third-order valence-corrected chi connectivity index (χ3v) is 3.97. The van der Waals surface area contributed by atoms with E-state index in [2.05, 4.69) is 32.6 Å². The molecule has 0 spiro atoms. The van der Waals surface area contributed by atoms with Gasteiger partial charge in [-0.25, -0.2) is 0 Å². The normalized spacial score (nSPS) is 14.1. The second-order valence-corrected chi connectivity index (χ2v) is 6.32. The van der Waals surface area contributed by atoms with Gasteiger partial charge in [0.1, 0.15) is 6.54 Å². The Kier molecular flexibility index (Phi) is 4.41. The van der Waals surface area contributed by atoms with E-state index < -0.39 is 0 Å². The van der Waals surface area contributed by atoms with Crippen LogP contribution < -0.4 is 10.6 Å². The molecule has 0 bridgehead atoms. The van der Waals surface area contributed by atoms with Gasteiger partial charge < -0.3 is 15.2 Å². The summed E-state index contributed by atoms with van der Waals surface area (Å²) >= 11 is 3.37. The van der Waals surface area contributed by atoms with Crippen LogP contribution in [0.4, 0.5) is 5.69 Å². The molecular weight excluding hydrogens is 330 g/mol. The Labute approximate surface area is 132 Å². The molecule has 0 saturated heterocycles. The Hall–Kier alpha value is -1.59. The SMILES string of the molecule is O=C(Cn1ccc(CNC2CC2)c1)Nc1ccc(Br)cc1. The second kappa shape index (κ2) is 6.45. The van der Waals surface area contributed by atoms with Gasteiger partial charge in [0.05, 0.1) is 0 Å². The molecule has 1 aromatic carbocycles. The van der Waals surface area contributed by atoms with Crippen LogP contribution in [0.2, 0.25) is 0 Å². The number of aromatic nitrogens is 1. The van der Waals surface area contributed by atoms with Gasteiger partial charge in [-0.2, -0.15) is 0 Å². The summed E-state index contributed by atoms with van der Waals surface area (Å²) in [5.41, 5.74) is 2.03. The predicted octanol–water partition coefficient (Wildman–Crippen LogP) is 3.14. The van der Waals surface area contributed by atoms with Crippen LogP contribution in [0.5, 0.6) is 0 Å². The number of nitrogens with zero attached hydrogens (tertiary/aromatic N) is 1. The third-order valence-electron chi connectivity index (χ3n) is 3.44. The number of benzene rings is 1. The van der Waals surface area contributed by atoms with E-state index in [9.17, 15) is 4.79 Å². The van der Waals surface area contributed by atoms with Crippen molar-refractivity contribution in [1.29, 1.82) is 0 Å². The zero-order valence-corrected chi connectivity index (χ0v) is 13.3. The van der Waals surface area contributed by atoms with Crippen LogP contribution in [0, 0.1) is 0 Å². The average molecular weight is 348 g/mol. The summed E-state index contributed by atoms with van der Waals surface area (Å²) in [4.78, 5) is 12.0. The standard InChI is InChI=1S/C16H18BrN3O/c17-13-1-3-15(4-2-13)19-16(21)11-20-8-7-12(10-20)9-18-14-5-6-14/h1-4,7-8,10,14,18H,5-6,9,11H2,(H,19,21). The minimum Gasteiger partial charge on any atom is -0.345 e. The number of carbonyl (C=O) groups is 1. The fourth-order valence-electron chi connectivity index (χ4n) is 2.14. The van der Waals surface area contributed by atoms with Gasteiger partial charge in [0.2, 0.25) is 5.91 Å². The first-order chi connectivity index (χ1) is 10.2. The number of anilines is 1. The lowest BCUT2D eigenvalue weighted by atomic mass is 10.3. The van der Waals surface area contributed by atoms with Gasteiger partial charge in [0, 0.05) is 35.1 Å². The molecule has 0 radical (unpaired) electrons. The van der Waals surface area contributed by atoms with Gasteiger partial charge in [-0.15, -0.1) is 0 Å². The molecule has 0 unspecified atom stereocenters. The summed E-state index contributed by atoms with van der Waals surface area (Å²) in [5, 5.41) is 6.36. The highest BCUT2D eigenvalue weighted by atomic mass is 79.9. The fourth-order valence-corrected chi connectivity index (χ4v) is 2.41. The van der Waals surface area contributed by atoms with Gasteiger partial charge in [-0.05, 0) is 48.7 Å². The van der Waals surface area contributed by atoms with Crippen molar-refractivity contribution in [3.05, 3.63) is 52.8 Å². The zero-order chi connectivity index (χ0) is 14.7. The molecule has 3 rings (SSSR count). The first-order valence-corrected chi connectivity index (χ1v) is 7.92. The molecule has 1 amide bonds. The summed E-state index contributed by atoms with van der Waals surface area (Å²) in [6, 6.07) is 10.3. The van der Waals surface area contributed by atoms with Crippen LogP contribution in [0.3, 0.4) is 0 Å². The molecule has 4 nitrogen and oxygen atoms in total. The van der Waals surface area contributed by atoms with Crippen molar-refractivity contribution >= 4 is 27.5 Å². The van der Waals surface area contributed by atoms with E-state index in [1.165, 1.54) is 18.4 Å². The Morgan fingerprint density at radius 3 is 2.71 bits per heavy atom. The van der Waals surface area contributed by atoms with E-state index in [1.54, 1.807) is 0 Å². The molecule has 1 fully saturated rings. The van der Waals surface area contributed by atoms with Crippen LogP contribution in [0.25, 0.3) is 0 Å². The van der Waals surface area contributed by atoms with E-state index in [0.29, 0.717) is 12.6 Å². The Balaban J connectivity index is 1.50. The monoisotopic (exact) mass is 347 g/mol. The number of amides is 1. The van der Waals surface area contributed by atoms with Gasteiger partial charge in [-0.1, -0.05) is 15.9 Å². The number of hydrogen-bond acceptors (Lipinski definition) is 2. The highest BCUT2D eigenvalue weighted by Gasteiger charge is 2.20. The highest BCUT2D eigenvalue weighted by Crippen LogP contribution is 2.19. The Bertz CT molecular complexity index is 617. The largest absolute Gasteiger partial charge is 0.345 e. The van der Waals surface area contributed by atoms with Crippen LogP contribution in [0.1, 0.15) is 18.4 Å².